The quantitative estimate of drug-likeness (QED) is 0.760. The van der Waals surface area contributed by atoms with E-state index in [0.29, 0.717) is 11.5 Å². The molecule has 0 atom stereocenters. The summed E-state index contributed by atoms with van der Waals surface area (Å²) in [5.74, 6) is 0.581. The summed E-state index contributed by atoms with van der Waals surface area (Å²) in [5, 5.41) is 12.1. The van der Waals surface area contributed by atoms with E-state index in [2.05, 4.69) is 16.4 Å². The molecule has 2 heterocycles. The first-order valence-corrected chi connectivity index (χ1v) is 4.96. The Kier molecular flexibility index (Phi) is 4.26. The second-order valence-electron chi connectivity index (χ2n) is 3.64. The molecule has 0 unspecified atom stereocenters. The maximum atomic E-state index is 8.76. The van der Waals surface area contributed by atoms with Crippen molar-refractivity contribution in [2.24, 2.45) is 0 Å². The lowest BCUT2D eigenvalue weighted by Gasteiger charge is -2.22. The predicted molar refractivity (Wildman–Crippen MR) is 60.5 cm³/mol. The second kappa shape index (κ2) is 5.47. The fourth-order valence-electron chi connectivity index (χ4n) is 1.90. The van der Waals surface area contributed by atoms with Gasteiger partial charge >= 0.3 is 0 Å². The lowest BCUT2D eigenvalue weighted by molar-refractivity contribution is 0.459. The summed E-state index contributed by atoms with van der Waals surface area (Å²) >= 11 is 0. The van der Waals surface area contributed by atoms with E-state index in [0.717, 1.165) is 25.9 Å². The highest BCUT2D eigenvalue weighted by Crippen LogP contribution is 2.24. The molecular formula is C12H17N3. The lowest BCUT2D eigenvalue weighted by atomic mass is 9.91. The van der Waals surface area contributed by atoms with E-state index in [4.69, 9.17) is 5.26 Å². The van der Waals surface area contributed by atoms with Gasteiger partial charge in [-0.2, -0.15) is 5.26 Å². The number of nitriles is 1. The first-order valence-electron chi connectivity index (χ1n) is 4.96. The van der Waals surface area contributed by atoms with E-state index in [-0.39, 0.29) is 7.43 Å². The molecule has 3 heteroatoms. The minimum atomic E-state index is 0. The van der Waals surface area contributed by atoms with Crippen LogP contribution in [0.25, 0.3) is 0 Å². The third kappa shape index (κ3) is 2.77. The first kappa shape index (κ1) is 11.7. The van der Waals surface area contributed by atoms with Crippen LogP contribution in [-0.2, 0) is 0 Å². The van der Waals surface area contributed by atoms with Crippen LogP contribution in [-0.4, -0.2) is 18.1 Å². The molecule has 0 saturated carbocycles. The molecular weight excluding hydrogens is 186 g/mol. The molecule has 0 amide bonds. The number of aromatic nitrogens is 1. The zero-order chi connectivity index (χ0) is 9.80. The summed E-state index contributed by atoms with van der Waals surface area (Å²) < 4.78 is 0. The Morgan fingerprint density at radius 1 is 1.33 bits per heavy atom. The Labute approximate surface area is 91.1 Å². The number of hydrogen-bond acceptors (Lipinski definition) is 3. The van der Waals surface area contributed by atoms with Crippen LogP contribution in [0.5, 0.6) is 0 Å². The van der Waals surface area contributed by atoms with Crippen molar-refractivity contribution in [1.82, 2.24) is 10.3 Å². The van der Waals surface area contributed by atoms with Crippen molar-refractivity contribution < 1.29 is 0 Å². The van der Waals surface area contributed by atoms with Crippen molar-refractivity contribution in [3.8, 4) is 6.07 Å². The molecule has 15 heavy (non-hydrogen) atoms. The summed E-state index contributed by atoms with van der Waals surface area (Å²) in [6.07, 6.45) is 5.80. The summed E-state index contributed by atoms with van der Waals surface area (Å²) in [7, 11) is 0. The molecule has 1 fully saturated rings. The molecule has 1 N–H and O–H groups in total. The van der Waals surface area contributed by atoms with Crippen molar-refractivity contribution in [2.45, 2.75) is 26.2 Å². The monoisotopic (exact) mass is 203 g/mol. The number of pyridine rings is 1. The van der Waals surface area contributed by atoms with E-state index >= 15 is 0 Å². The normalized spacial score (nSPS) is 16.5. The third-order valence-electron chi connectivity index (χ3n) is 2.70. The van der Waals surface area contributed by atoms with Gasteiger partial charge in [0, 0.05) is 12.4 Å². The van der Waals surface area contributed by atoms with E-state index in [1.54, 1.807) is 6.20 Å². The van der Waals surface area contributed by atoms with Gasteiger partial charge in [-0.15, -0.1) is 0 Å². The molecule has 0 aliphatic carbocycles. The molecule has 0 bridgehead atoms. The van der Waals surface area contributed by atoms with Gasteiger partial charge in [0.25, 0.3) is 0 Å². The number of nitrogens with one attached hydrogen (secondary N) is 1. The van der Waals surface area contributed by atoms with E-state index in [1.165, 1.54) is 5.56 Å². The van der Waals surface area contributed by atoms with Crippen molar-refractivity contribution in [3.63, 3.8) is 0 Å². The zero-order valence-electron chi connectivity index (χ0n) is 8.03. The van der Waals surface area contributed by atoms with Gasteiger partial charge in [0.1, 0.15) is 6.07 Å². The maximum Gasteiger partial charge on any atom is 0.101 e. The summed E-state index contributed by atoms with van der Waals surface area (Å²) in [5.41, 5.74) is 1.88. The fraction of sp³-hybridized carbons (Fsp3) is 0.500. The van der Waals surface area contributed by atoms with E-state index in [1.807, 2.05) is 12.3 Å². The highest BCUT2D eigenvalue weighted by atomic mass is 14.9. The van der Waals surface area contributed by atoms with Crippen LogP contribution in [0.1, 0.15) is 37.3 Å². The van der Waals surface area contributed by atoms with Gasteiger partial charge in [-0.1, -0.05) is 7.43 Å². The Balaban J connectivity index is 0.00000112. The SMILES string of the molecule is C.N#Cc1cncc(C2CCNCC2)c1. The van der Waals surface area contributed by atoms with Gasteiger partial charge in [0.15, 0.2) is 0 Å². The average Bonchev–Trinajstić information content (AvgIpc) is 2.30. The Bertz CT molecular complexity index is 348. The van der Waals surface area contributed by atoms with Crippen LogP contribution in [0.4, 0.5) is 0 Å². The van der Waals surface area contributed by atoms with Gasteiger partial charge < -0.3 is 5.32 Å². The summed E-state index contributed by atoms with van der Waals surface area (Å²) in [6, 6.07) is 4.09. The highest BCUT2D eigenvalue weighted by molar-refractivity contribution is 5.30. The van der Waals surface area contributed by atoms with Crippen LogP contribution in [0.3, 0.4) is 0 Å². The highest BCUT2D eigenvalue weighted by Gasteiger charge is 2.15. The number of nitrogens with zero attached hydrogens (tertiary/aromatic N) is 2. The molecule has 0 aromatic carbocycles. The molecule has 80 valence electrons. The van der Waals surface area contributed by atoms with Gasteiger partial charge in [-0.3, -0.25) is 4.98 Å². The maximum absolute atomic E-state index is 8.76. The molecule has 1 aromatic rings. The van der Waals surface area contributed by atoms with Gasteiger partial charge in [-0.25, -0.2) is 0 Å². The Morgan fingerprint density at radius 2 is 2.07 bits per heavy atom. The zero-order valence-corrected chi connectivity index (χ0v) is 8.03. The van der Waals surface area contributed by atoms with E-state index in [9.17, 15) is 0 Å². The smallest absolute Gasteiger partial charge is 0.101 e. The van der Waals surface area contributed by atoms with Crippen molar-refractivity contribution in [3.05, 3.63) is 29.6 Å². The van der Waals surface area contributed by atoms with Crippen LogP contribution in [0.2, 0.25) is 0 Å². The minimum Gasteiger partial charge on any atom is -0.317 e. The molecule has 2 rings (SSSR count). The standard InChI is InChI=1S/C11H13N3.CH4/c12-6-9-5-11(8-14-7-9)10-1-3-13-4-2-10;/h5,7-8,10,13H,1-4H2;1H4. The average molecular weight is 203 g/mol. The van der Waals surface area contributed by atoms with Crippen molar-refractivity contribution >= 4 is 0 Å². The van der Waals surface area contributed by atoms with Crippen LogP contribution < -0.4 is 5.32 Å². The molecule has 0 spiro atoms. The largest absolute Gasteiger partial charge is 0.317 e. The lowest BCUT2D eigenvalue weighted by Crippen LogP contribution is -2.26. The van der Waals surface area contributed by atoms with Gasteiger partial charge in [0.05, 0.1) is 5.56 Å². The topological polar surface area (TPSA) is 48.7 Å². The summed E-state index contributed by atoms with van der Waals surface area (Å²) in [6.45, 7) is 2.14. The molecule has 1 aromatic heterocycles. The summed E-state index contributed by atoms with van der Waals surface area (Å²) in [4.78, 5) is 4.09. The molecule has 3 nitrogen and oxygen atoms in total. The Hall–Kier alpha value is -1.40. The van der Waals surface area contributed by atoms with Gasteiger partial charge in [-0.05, 0) is 43.5 Å². The molecule has 1 aliphatic rings. The number of rotatable bonds is 1. The minimum absolute atomic E-state index is 0. The Morgan fingerprint density at radius 3 is 2.73 bits per heavy atom. The van der Waals surface area contributed by atoms with Crippen molar-refractivity contribution in [2.75, 3.05) is 13.1 Å². The number of piperidine rings is 1. The van der Waals surface area contributed by atoms with Crippen LogP contribution >= 0.6 is 0 Å². The predicted octanol–water partition coefficient (Wildman–Crippen LogP) is 2.06. The second-order valence-corrected chi connectivity index (χ2v) is 3.64. The first-order chi connectivity index (χ1) is 6.90. The van der Waals surface area contributed by atoms with Crippen LogP contribution in [0.15, 0.2) is 18.5 Å². The van der Waals surface area contributed by atoms with Gasteiger partial charge in [0.2, 0.25) is 0 Å². The molecule has 0 radical (unpaired) electrons. The van der Waals surface area contributed by atoms with E-state index < -0.39 is 0 Å². The molecule has 1 saturated heterocycles. The molecule has 1 aliphatic heterocycles. The fourth-order valence-corrected chi connectivity index (χ4v) is 1.90. The van der Waals surface area contributed by atoms with Crippen LogP contribution in [0, 0.1) is 11.3 Å². The number of hydrogen-bond donors (Lipinski definition) is 1. The van der Waals surface area contributed by atoms with Crippen molar-refractivity contribution in [1.29, 1.82) is 5.26 Å². The third-order valence-corrected chi connectivity index (χ3v) is 2.70.